The van der Waals surface area contributed by atoms with E-state index in [-0.39, 0.29) is 0 Å². The summed E-state index contributed by atoms with van der Waals surface area (Å²) < 4.78 is 0. The van der Waals surface area contributed by atoms with Crippen LogP contribution in [0, 0.1) is 12.2 Å². The summed E-state index contributed by atoms with van der Waals surface area (Å²) in [5, 5.41) is 0. The van der Waals surface area contributed by atoms with Crippen LogP contribution in [0.4, 0.5) is 0 Å². The van der Waals surface area contributed by atoms with Crippen molar-refractivity contribution in [3.8, 4) is 12.2 Å². The van der Waals surface area contributed by atoms with Gasteiger partial charge in [0.15, 0.2) is 0 Å². The van der Waals surface area contributed by atoms with Crippen molar-refractivity contribution in [3.05, 3.63) is 0 Å². The minimum absolute atomic E-state index is 0.600. The molecular formula is C18H32B2. The highest BCUT2D eigenvalue weighted by atomic mass is 14.3. The molecule has 0 aromatic rings. The van der Waals surface area contributed by atoms with Crippen LogP contribution in [0.15, 0.2) is 0 Å². The van der Waals surface area contributed by atoms with Gasteiger partial charge >= 0.3 is 0 Å². The highest BCUT2D eigenvalue weighted by Gasteiger charge is 2.48. The smallest absolute Gasteiger partial charge is 0.159 e. The maximum absolute atomic E-state index is 5.87. The van der Waals surface area contributed by atoms with Gasteiger partial charge in [0, 0.05) is 0 Å². The molecule has 2 fully saturated rings. The topological polar surface area (TPSA) is 0 Å². The monoisotopic (exact) mass is 270 g/mol. The Morgan fingerprint density at radius 3 is 2.50 bits per heavy atom. The van der Waals surface area contributed by atoms with Crippen LogP contribution in [-0.2, 0) is 0 Å². The van der Waals surface area contributed by atoms with Crippen molar-refractivity contribution in [1.82, 2.24) is 0 Å². The second kappa shape index (κ2) is 8.21. The summed E-state index contributed by atoms with van der Waals surface area (Å²) in [6, 6.07) is 0. The minimum atomic E-state index is 0.600. The van der Waals surface area contributed by atoms with Crippen molar-refractivity contribution >= 4 is 13.4 Å². The average Bonchev–Trinajstić information content (AvgIpc) is 2.65. The molecule has 110 valence electrons. The van der Waals surface area contributed by atoms with Gasteiger partial charge in [0.2, 0.25) is 6.71 Å². The first-order valence-corrected chi connectivity index (χ1v) is 9.27. The number of fused-ring (bicyclic) bond motifs is 1. The van der Waals surface area contributed by atoms with Gasteiger partial charge in [-0.1, -0.05) is 102 Å². The van der Waals surface area contributed by atoms with E-state index in [1.807, 2.05) is 0 Å². The van der Waals surface area contributed by atoms with Crippen LogP contribution in [0.1, 0.15) is 78.1 Å². The summed E-state index contributed by atoms with van der Waals surface area (Å²) in [7, 11) is 0. The summed E-state index contributed by atoms with van der Waals surface area (Å²) in [5.41, 5.74) is 0. The molecule has 3 unspecified atom stereocenters. The quantitative estimate of drug-likeness (QED) is 0.326. The Labute approximate surface area is 128 Å². The lowest BCUT2D eigenvalue weighted by molar-refractivity contribution is 0.597. The zero-order valence-electron chi connectivity index (χ0n) is 13.7. The Morgan fingerprint density at radius 2 is 1.85 bits per heavy atom. The van der Waals surface area contributed by atoms with Gasteiger partial charge < -0.3 is 0 Å². The molecule has 0 bridgehead atoms. The maximum Gasteiger partial charge on any atom is 0.226 e. The molecule has 0 radical (unpaired) electrons. The van der Waals surface area contributed by atoms with Crippen LogP contribution in [0.5, 0.6) is 0 Å². The third-order valence-corrected chi connectivity index (χ3v) is 6.24. The Balaban J connectivity index is 2.03. The summed E-state index contributed by atoms with van der Waals surface area (Å²) >= 11 is 0. The molecule has 0 nitrogen and oxygen atoms in total. The fourth-order valence-electron chi connectivity index (χ4n) is 5.15. The molecule has 0 spiro atoms. The van der Waals surface area contributed by atoms with Crippen LogP contribution in [-0.4, -0.2) is 13.4 Å². The first-order valence-electron chi connectivity index (χ1n) is 9.27. The van der Waals surface area contributed by atoms with E-state index in [9.17, 15) is 0 Å². The second-order valence-electron chi connectivity index (χ2n) is 7.30. The molecule has 0 amide bonds. The van der Waals surface area contributed by atoms with Crippen molar-refractivity contribution in [2.75, 3.05) is 0 Å². The first kappa shape index (κ1) is 16.1. The lowest BCUT2D eigenvalue weighted by Crippen LogP contribution is -2.23. The minimum Gasteiger partial charge on any atom is -0.159 e. The van der Waals surface area contributed by atoms with Crippen LogP contribution < -0.4 is 0 Å². The molecule has 3 atom stereocenters. The largest absolute Gasteiger partial charge is 0.226 e. The third-order valence-electron chi connectivity index (χ3n) is 6.24. The summed E-state index contributed by atoms with van der Waals surface area (Å²) in [6.45, 7) is 6.27. The van der Waals surface area contributed by atoms with E-state index in [0.29, 0.717) is 6.71 Å². The third kappa shape index (κ3) is 3.66. The van der Waals surface area contributed by atoms with Gasteiger partial charge in [-0.2, -0.15) is 5.82 Å². The molecule has 1 saturated heterocycles. The van der Waals surface area contributed by atoms with E-state index in [4.69, 9.17) is 6.42 Å². The van der Waals surface area contributed by atoms with Gasteiger partial charge in [0.05, 0.1) is 0 Å². The van der Waals surface area contributed by atoms with Crippen molar-refractivity contribution in [1.29, 1.82) is 0 Å². The van der Waals surface area contributed by atoms with Gasteiger partial charge in [-0.15, -0.1) is 6.42 Å². The van der Waals surface area contributed by atoms with E-state index in [1.165, 1.54) is 70.4 Å². The molecule has 1 saturated carbocycles. The van der Waals surface area contributed by atoms with E-state index in [0.717, 1.165) is 24.2 Å². The van der Waals surface area contributed by atoms with Crippen LogP contribution >= 0.6 is 0 Å². The van der Waals surface area contributed by atoms with Crippen LogP contribution in [0.25, 0.3) is 0 Å². The molecule has 1 aliphatic heterocycles. The Kier molecular flexibility index (Phi) is 6.60. The van der Waals surface area contributed by atoms with E-state index >= 15 is 0 Å². The summed E-state index contributed by atoms with van der Waals surface area (Å²) in [4.78, 5) is 0. The number of unbranched alkanes of at least 4 members (excludes halogenated alkanes) is 2. The number of rotatable bonds is 6. The van der Waals surface area contributed by atoms with Gasteiger partial charge in [0.1, 0.15) is 6.71 Å². The van der Waals surface area contributed by atoms with Crippen molar-refractivity contribution in [2.45, 2.75) is 102 Å². The fourth-order valence-corrected chi connectivity index (χ4v) is 5.15. The van der Waals surface area contributed by atoms with Gasteiger partial charge in [-0.05, 0) is 0 Å². The van der Waals surface area contributed by atoms with Crippen LogP contribution in [0.2, 0.25) is 23.7 Å². The average molecular weight is 270 g/mol. The van der Waals surface area contributed by atoms with E-state index in [2.05, 4.69) is 19.7 Å². The Hall–Kier alpha value is -0.310. The normalized spacial score (nSPS) is 27.9. The SMILES string of the molecule is C#CB1CB(C(CC)CCCCC)C2CCCCCC12. The molecule has 20 heavy (non-hydrogen) atoms. The van der Waals surface area contributed by atoms with Gasteiger partial charge in [-0.25, -0.2) is 0 Å². The molecule has 2 aliphatic rings. The fraction of sp³-hybridized carbons (Fsp3) is 0.889. The zero-order chi connectivity index (χ0) is 14.4. The number of hydrogen-bond acceptors (Lipinski definition) is 0. The predicted octanol–water partition coefficient (Wildman–Crippen LogP) is 5.77. The predicted molar refractivity (Wildman–Crippen MR) is 93.9 cm³/mol. The number of hydrogen-bond donors (Lipinski definition) is 0. The highest BCUT2D eigenvalue weighted by molar-refractivity contribution is 6.89. The molecule has 0 N–H and O–H groups in total. The Bertz CT molecular complexity index is 320. The lowest BCUT2D eigenvalue weighted by atomic mass is 9.29. The molecule has 2 heteroatoms. The van der Waals surface area contributed by atoms with Crippen molar-refractivity contribution in [3.63, 3.8) is 0 Å². The molecule has 2 rings (SSSR count). The molecular weight excluding hydrogens is 238 g/mol. The van der Waals surface area contributed by atoms with Gasteiger partial charge in [0.25, 0.3) is 0 Å². The summed E-state index contributed by atoms with van der Waals surface area (Å²) in [6.07, 6.45) is 21.5. The van der Waals surface area contributed by atoms with Crippen molar-refractivity contribution in [2.24, 2.45) is 0 Å². The first-order chi connectivity index (χ1) is 9.81. The molecule has 0 aromatic carbocycles. The lowest BCUT2D eigenvalue weighted by Gasteiger charge is -2.28. The van der Waals surface area contributed by atoms with Crippen LogP contribution in [0.3, 0.4) is 0 Å². The zero-order valence-corrected chi connectivity index (χ0v) is 13.7. The van der Waals surface area contributed by atoms with E-state index < -0.39 is 0 Å². The van der Waals surface area contributed by atoms with Gasteiger partial charge in [-0.3, -0.25) is 0 Å². The highest BCUT2D eigenvalue weighted by Crippen LogP contribution is 2.53. The van der Waals surface area contributed by atoms with Crippen molar-refractivity contribution < 1.29 is 0 Å². The molecule has 1 heterocycles. The summed E-state index contributed by atoms with van der Waals surface area (Å²) in [5.74, 6) is 5.95. The Morgan fingerprint density at radius 1 is 1.10 bits per heavy atom. The maximum atomic E-state index is 5.87. The van der Waals surface area contributed by atoms with E-state index in [1.54, 1.807) is 0 Å². The second-order valence-corrected chi connectivity index (χ2v) is 7.30. The number of terminal acetylenes is 1. The molecule has 1 aliphatic carbocycles. The standard InChI is InChI=1S/C18H32B2/c1-4-7-9-12-16(5-2)20-15-19(6-3)17-13-10-8-11-14-18(17)20/h3,16-18H,4-5,7-15H2,1-2H3. The molecule has 0 aromatic heterocycles.